The highest BCUT2D eigenvalue weighted by atomic mass is 28.4. The number of benzene rings is 1. The van der Waals surface area contributed by atoms with Crippen LogP contribution in [0, 0.1) is 6.92 Å². The maximum atomic E-state index is 6.48. The van der Waals surface area contributed by atoms with E-state index in [0.29, 0.717) is 0 Å². The Morgan fingerprint density at radius 1 is 0.958 bits per heavy atom. The maximum Gasteiger partial charge on any atom is 0.494 e. The molecule has 0 amide bonds. The molecule has 1 fully saturated rings. The van der Waals surface area contributed by atoms with Gasteiger partial charge in [0.1, 0.15) is 5.75 Å². The summed E-state index contributed by atoms with van der Waals surface area (Å²) in [6.45, 7) is 21.7. The molecule has 0 unspecified atom stereocenters. The molecule has 0 N–H and O–H groups in total. The standard InChI is InChI=1S/C19H33BO3Si/c1-14-11-15(20-22-18(5,6)19(7,8)23-20)13-16(12-14)21-24(9,10)17(2,3)4/h11-13H,1-10H3. The summed E-state index contributed by atoms with van der Waals surface area (Å²) in [4.78, 5) is 0. The van der Waals surface area contributed by atoms with Crippen molar-refractivity contribution in [3.05, 3.63) is 23.8 Å². The molecular formula is C19H33BO3Si. The minimum atomic E-state index is -1.87. The van der Waals surface area contributed by atoms with Crippen molar-refractivity contribution < 1.29 is 13.7 Å². The van der Waals surface area contributed by atoms with Crippen molar-refractivity contribution in [2.75, 3.05) is 0 Å². The average molecular weight is 348 g/mol. The summed E-state index contributed by atoms with van der Waals surface area (Å²) in [6, 6.07) is 6.31. The molecule has 2 rings (SSSR count). The highest BCUT2D eigenvalue weighted by Gasteiger charge is 2.51. The molecule has 1 aromatic rings. The minimum absolute atomic E-state index is 0.168. The lowest BCUT2D eigenvalue weighted by Gasteiger charge is -2.36. The van der Waals surface area contributed by atoms with Crippen molar-refractivity contribution in [2.45, 2.75) is 84.7 Å². The molecule has 24 heavy (non-hydrogen) atoms. The number of rotatable bonds is 3. The van der Waals surface area contributed by atoms with Crippen molar-refractivity contribution in [1.29, 1.82) is 0 Å². The van der Waals surface area contributed by atoms with Crippen molar-refractivity contribution in [3.8, 4) is 5.75 Å². The van der Waals surface area contributed by atoms with E-state index in [1.807, 2.05) is 0 Å². The van der Waals surface area contributed by atoms with Crippen LogP contribution in [0.1, 0.15) is 54.0 Å². The Labute approximate surface area is 149 Å². The van der Waals surface area contributed by atoms with Crippen molar-refractivity contribution in [1.82, 2.24) is 0 Å². The van der Waals surface area contributed by atoms with Gasteiger partial charge in [-0.1, -0.05) is 26.8 Å². The lowest BCUT2D eigenvalue weighted by molar-refractivity contribution is 0.00578. The monoisotopic (exact) mass is 348 g/mol. The smallest absolute Gasteiger partial charge is 0.494 e. The predicted molar refractivity (Wildman–Crippen MR) is 105 cm³/mol. The predicted octanol–water partition coefficient (Wildman–Crippen LogP) is 4.68. The molecule has 1 aromatic carbocycles. The summed E-state index contributed by atoms with van der Waals surface area (Å²) in [5.41, 5.74) is 1.53. The molecule has 134 valence electrons. The second-order valence-electron chi connectivity index (χ2n) is 9.53. The van der Waals surface area contributed by atoms with E-state index in [2.05, 4.69) is 86.7 Å². The third-order valence-corrected chi connectivity index (χ3v) is 10.1. The fraction of sp³-hybridized carbons (Fsp3) is 0.684. The first-order valence-corrected chi connectivity index (χ1v) is 11.7. The molecule has 1 heterocycles. The number of aryl methyl sites for hydroxylation is 1. The summed E-state index contributed by atoms with van der Waals surface area (Å²) in [6.07, 6.45) is 0. The SMILES string of the molecule is Cc1cc(O[Si](C)(C)C(C)(C)C)cc(B2OC(C)(C)C(C)(C)O2)c1. The van der Waals surface area contributed by atoms with Crippen LogP contribution in [0.3, 0.4) is 0 Å². The van der Waals surface area contributed by atoms with Gasteiger partial charge in [-0.3, -0.25) is 0 Å². The van der Waals surface area contributed by atoms with Crippen molar-refractivity contribution in [2.24, 2.45) is 0 Å². The second kappa shape index (κ2) is 5.89. The first-order valence-electron chi connectivity index (χ1n) is 8.81. The lowest BCUT2D eigenvalue weighted by Crippen LogP contribution is -2.44. The molecule has 3 nitrogen and oxygen atoms in total. The Bertz CT molecular complexity index is 602. The average Bonchev–Trinajstić information content (AvgIpc) is 2.55. The molecule has 1 aliphatic rings. The summed E-state index contributed by atoms with van der Waals surface area (Å²) in [7, 11) is -2.22. The molecule has 0 spiro atoms. The third-order valence-electron chi connectivity index (χ3n) is 5.78. The van der Waals surface area contributed by atoms with Crippen LogP contribution in [0.2, 0.25) is 18.1 Å². The Kier molecular flexibility index (Phi) is 4.80. The van der Waals surface area contributed by atoms with Gasteiger partial charge in [0, 0.05) is 0 Å². The van der Waals surface area contributed by atoms with E-state index in [0.717, 1.165) is 16.8 Å². The van der Waals surface area contributed by atoms with E-state index in [4.69, 9.17) is 13.7 Å². The molecule has 0 saturated carbocycles. The van der Waals surface area contributed by atoms with E-state index < -0.39 is 8.32 Å². The summed E-state index contributed by atoms with van der Waals surface area (Å²) < 4.78 is 18.9. The summed E-state index contributed by atoms with van der Waals surface area (Å²) in [5, 5.41) is 0.168. The fourth-order valence-electron chi connectivity index (χ4n) is 2.40. The van der Waals surface area contributed by atoms with E-state index in [-0.39, 0.29) is 23.4 Å². The molecule has 5 heteroatoms. The van der Waals surface area contributed by atoms with Crippen LogP contribution in [0.25, 0.3) is 0 Å². The zero-order valence-corrected chi connectivity index (χ0v) is 18.0. The highest BCUT2D eigenvalue weighted by molar-refractivity contribution is 6.74. The van der Waals surface area contributed by atoms with Gasteiger partial charge in [0.05, 0.1) is 11.2 Å². The largest absolute Gasteiger partial charge is 0.544 e. The first kappa shape index (κ1) is 19.5. The van der Waals surface area contributed by atoms with Crippen LogP contribution in [-0.2, 0) is 9.31 Å². The van der Waals surface area contributed by atoms with Crippen LogP contribution >= 0.6 is 0 Å². The van der Waals surface area contributed by atoms with E-state index >= 15 is 0 Å². The van der Waals surface area contributed by atoms with Gasteiger partial charge in [-0.15, -0.1) is 0 Å². The van der Waals surface area contributed by atoms with Crippen molar-refractivity contribution >= 4 is 20.9 Å². The molecule has 1 saturated heterocycles. The summed E-state index contributed by atoms with van der Waals surface area (Å²) in [5.74, 6) is 0.923. The van der Waals surface area contributed by atoms with Gasteiger partial charge in [-0.2, -0.15) is 0 Å². The molecular weight excluding hydrogens is 315 g/mol. The van der Waals surface area contributed by atoms with Gasteiger partial charge in [0.2, 0.25) is 8.32 Å². The normalized spacial score (nSPS) is 20.3. The Balaban J connectivity index is 2.31. The molecule has 0 bridgehead atoms. The van der Waals surface area contributed by atoms with Gasteiger partial charge in [-0.05, 0) is 75.9 Å². The van der Waals surface area contributed by atoms with Crippen LogP contribution in [0.5, 0.6) is 5.75 Å². The molecule has 0 aliphatic carbocycles. The quantitative estimate of drug-likeness (QED) is 0.743. The topological polar surface area (TPSA) is 27.7 Å². The third kappa shape index (κ3) is 3.73. The van der Waals surface area contributed by atoms with Gasteiger partial charge in [0.15, 0.2) is 0 Å². The van der Waals surface area contributed by atoms with Crippen molar-refractivity contribution in [3.63, 3.8) is 0 Å². The summed E-state index contributed by atoms with van der Waals surface area (Å²) >= 11 is 0. The number of hydrogen-bond acceptors (Lipinski definition) is 3. The van der Waals surface area contributed by atoms with E-state index in [1.54, 1.807) is 0 Å². The van der Waals surface area contributed by atoms with Gasteiger partial charge >= 0.3 is 7.12 Å². The molecule has 0 atom stereocenters. The minimum Gasteiger partial charge on any atom is -0.544 e. The van der Waals surface area contributed by atoms with Crippen LogP contribution in [0.4, 0.5) is 0 Å². The molecule has 1 aliphatic heterocycles. The Hall–Kier alpha value is -0.778. The maximum absolute atomic E-state index is 6.48. The number of hydrogen-bond donors (Lipinski definition) is 0. The zero-order chi connectivity index (χ0) is 18.6. The Morgan fingerprint density at radius 3 is 1.92 bits per heavy atom. The van der Waals surface area contributed by atoms with E-state index in [1.165, 1.54) is 0 Å². The molecule has 0 radical (unpaired) electrons. The first-order chi connectivity index (χ1) is 10.6. The second-order valence-corrected chi connectivity index (χ2v) is 14.3. The van der Waals surface area contributed by atoms with Crippen LogP contribution in [0.15, 0.2) is 18.2 Å². The van der Waals surface area contributed by atoms with E-state index in [9.17, 15) is 0 Å². The van der Waals surface area contributed by atoms with Gasteiger partial charge < -0.3 is 13.7 Å². The highest BCUT2D eigenvalue weighted by Crippen LogP contribution is 2.38. The van der Waals surface area contributed by atoms with Gasteiger partial charge in [-0.25, -0.2) is 0 Å². The van der Waals surface area contributed by atoms with Crippen LogP contribution in [-0.4, -0.2) is 26.6 Å². The van der Waals surface area contributed by atoms with Gasteiger partial charge in [0.25, 0.3) is 0 Å². The van der Waals surface area contributed by atoms with Crippen LogP contribution < -0.4 is 9.89 Å². The Morgan fingerprint density at radius 2 is 1.46 bits per heavy atom. The lowest BCUT2D eigenvalue weighted by atomic mass is 9.78. The zero-order valence-electron chi connectivity index (χ0n) is 17.0. The molecule has 0 aromatic heterocycles. The fourth-order valence-corrected chi connectivity index (χ4v) is 3.41.